The molecule has 0 aromatic carbocycles. The van der Waals surface area contributed by atoms with Crippen LogP contribution in [0.4, 0.5) is 0 Å². The number of hydrazine groups is 1. The standard InChI is InChI=1S/C15H32N2O2/c1-8-9-15(6,7)19-11-10-14(4,5)13(18)17(16)12(2)3/h12H,8-11,16H2,1-7H3. The lowest BCUT2D eigenvalue weighted by molar-refractivity contribution is -0.144. The molecule has 114 valence electrons. The van der Waals surface area contributed by atoms with Crippen molar-refractivity contribution in [3.63, 3.8) is 0 Å². The minimum Gasteiger partial charge on any atom is -0.376 e. The first-order valence-corrected chi connectivity index (χ1v) is 7.26. The zero-order valence-electron chi connectivity index (χ0n) is 13.7. The number of carbonyl (C=O) groups is 1. The number of carbonyl (C=O) groups excluding carboxylic acids is 1. The second-order valence-corrected chi connectivity index (χ2v) is 6.80. The highest BCUT2D eigenvalue weighted by Crippen LogP contribution is 2.25. The van der Waals surface area contributed by atoms with Crippen molar-refractivity contribution in [2.24, 2.45) is 11.3 Å². The van der Waals surface area contributed by atoms with E-state index in [1.807, 2.05) is 27.7 Å². The molecule has 0 aliphatic carbocycles. The fraction of sp³-hybridized carbons (Fsp3) is 0.933. The Kier molecular flexibility index (Phi) is 7.01. The van der Waals surface area contributed by atoms with Crippen LogP contribution < -0.4 is 5.84 Å². The Balaban J connectivity index is 4.35. The molecule has 0 aliphatic rings. The smallest absolute Gasteiger partial charge is 0.242 e. The van der Waals surface area contributed by atoms with E-state index >= 15 is 0 Å². The molecule has 0 aromatic rings. The molecule has 0 spiro atoms. The van der Waals surface area contributed by atoms with Gasteiger partial charge >= 0.3 is 0 Å². The van der Waals surface area contributed by atoms with Crippen LogP contribution in [0.3, 0.4) is 0 Å². The first kappa shape index (κ1) is 18.4. The van der Waals surface area contributed by atoms with Gasteiger partial charge in [0, 0.05) is 18.1 Å². The summed E-state index contributed by atoms with van der Waals surface area (Å²) < 4.78 is 5.88. The minimum atomic E-state index is -0.485. The Bertz CT molecular complexity index is 286. The van der Waals surface area contributed by atoms with Gasteiger partial charge in [-0.1, -0.05) is 27.2 Å². The summed E-state index contributed by atoms with van der Waals surface area (Å²) in [6.07, 6.45) is 2.80. The van der Waals surface area contributed by atoms with Gasteiger partial charge in [0.05, 0.1) is 5.60 Å². The highest BCUT2D eigenvalue weighted by molar-refractivity contribution is 5.81. The summed E-state index contributed by atoms with van der Waals surface area (Å²) in [4.78, 5) is 12.2. The molecule has 0 saturated heterocycles. The molecule has 0 bridgehead atoms. The van der Waals surface area contributed by atoms with Crippen LogP contribution in [0.25, 0.3) is 0 Å². The van der Waals surface area contributed by atoms with Crippen LogP contribution in [0, 0.1) is 5.41 Å². The number of ether oxygens (including phenoxy) is 1. The Morgan fingerprint density at radius 2 is 1.74 bits per heavy atom. The monoisotopic (exact) mass is 272 g/mol. The van der Waals surface area contributed by atoms with Gasteiger partial charge in [-0.05, 0) is 40.5 Å². The third kappa shape index (κ3) is 6.39. The second kappa shape index (κ2) is 7.25. The molecule has 2 N–H and O–H groups in total. The Hall–Kier alpha value is -0.610. The summed E-state index contributed by atoms with van der Waals surface area (Å²) in [7, 11) is 0. The molecular formula is C15H32N2O2. The molecule has 0 heterocycles. The van der Waals surface area contributed by atoms with E-state index < -0.39 is 5.41 Å². The van der Waals surface area contributed by atoms with Crippen LogP contribution in [0.15, 0.2) is 0 Å². The minimum absolute atomic E-state index is 0.0178. The van der Waals surface area contributed by atoms with Gasteiger partial charge in [0.2, 0.25) is 5.91 Å². The number of nitrogens with zero attached hydrogens (tertiary/aromatic N) is 1. The highest BCUT2D eigenvalue weighted by atomic mass is 16.5. The molecule has 4 nitrogen and oxygen atoms in total. The molecule has 0 rings (SSSR count). The van der Waals surface area contributed by atoms with Crippen LogP contribution in [-0.2, 0) is 9.53 Å². The number of rotatable bonds is 8. The van der Waals surface area contributed by atoms with E-state index in [1.54, 1.807) is 0 Å². The molecule has 4 heteroatoms. The van der Waals surface area contributed by atoms with Crippen LogP contribution >= 0.6 is 0 Å². The number of hydrogen-bond acceptors (Lipinski definition) is 3. The van der Waals surface area contributed by atoms with Crippen LogP contribution in [0.1, 0.15) is 67.7 Å². The number of nitrogens with two attached hydrogens (primary N) is 1. The van der Waals surface area contributed by atoms with E-state index in [-0.39, 0.29) is 17.6 Å². The van der Waals surface area contributed by atoms with Crippen molar-refractivity contribution >= 4 is 5.91 Å². The van der Waals surface area contributed by atoms with Gasteiger partial charge in [0.25, 0.3) is 0 Å². The lowest BCUT2D eigenvalue weighted by Gasteiger charge is -2.32. The molecule has 19 heavy (non-hydrogen) atoms. The van der Waals surface area contributed by atoms with Crippen molar-refractivity contribution in [1.82, 2.24) is 5.01 Å². The zero-order chi connectivity index (χ0) is 15.3. The van der Waals surface area contributed by atoms with Crippen LogP contribution in [-0.4, -0.2) is 29.2 Å². The fourth-order valence-electron chi connectivity index (χ4n) is 1.95. The summed E-state index contributed by atoms with van der Waals surface area (Å²) in [6, 6.07) is 0.0178. The average molecular weight is 272 g/mol. The molecule has 0 fully saturated rings. The predicted octanol–water partition coefficient (Wildman–Crippen LogP) is 3.11. The molecular weight excluding hydrogens is 240 g/mol. The molecule has 0 aromatic heterocycles. The fourth-order valence-corrected chi connectivity index (χ4v) is 1.95. The van der Waals surface area contributed by atoms with Crippen molar-refractivity contribution in [2.45, 2.75) is 79.4 Å². The normalized spacial score (nSPS) is 12.9. The molecule has 0 radical (unpaired) electrons. The van der Waals surface area contributed by atoms with Crippen molar-refractivity contribution in [3.8, 4) is 0 Å². The lowest BCUT2D eigenvalue weighted by atomic mass is 9.88. The van der Waals surface area contributed by atoms with Gasteiger partial charge in [-0.3, -0.25) is 9.80 Å². The first-order chi connectivity index (χ1) is 8.53. The molecule has 0 atom stereocenters. The van der Waals surface area contributed by atoms with E-state index in [2.05, 4.69) is 20.8 Å². The second-order valence-electron chi connectivity index (χ2n) is 6.80. The van der Waals surface area contributed by atoms with Gasteiger partial charge in [-0.2, -0.15) is 0 Å². The van der Waals surface area contributed by atoms with Crippen LogP contribution in [0.5, 0.6) is 0 Å². The maximum Gasteiger partial charge on any atom is 0.242 e. The van der Waals surface area contributed by atoms with E-state index in [1.165, 1.54) is 5.01 Å². The summed E-state index contributed by atoms with van der Waals surface area (Å²) in [5, 5.41) is 1.32. The van der Waals surface area contributed by atoms with Crippen LogP contribution in [0.2, 0.25) is 0 Å². The topological polar surface area (TPSA) is 55.6 Å². The van der Waals surface area contributed by atoms with E-state index in [9.17, 15) is 4.79 Å². The Labute approximate surface area is 118 Å². The highest BCUT2D eigenvalue weighted by Gasteiger charge is 2.32. The summed E-state index contributed by atoms with van der Waals surface area (Å²) in [5.41, 5.74) is -0.602. The summed E-state index contributed by atoms with van der Waals surface area (Å²) >= 11 is 0. The molecule has 1 amide bonds. The molecule has 0 aliphatic heterocycles. The maximum absolute atomic E-state index is 12.2. The van der Waals surface area contributed by atoms with E-state index in [4.69, 9.17) is 10.6 Å². The predicted molar refractivity (Wildman–Crippen MR) is 79.5 cm³/mol. The third-order valence-electron chi connectivity index (χ3n) is 3.44. The van der Waals surface area contributed by atoms with Gasteiger partial charge in [0.15, 0.2) is 0 Å². The summed E-state index contributed by atoms with van der Waals surface area (Å²) in [5.74, 6) is 5.77. The van der Waals surface area contributed by atoms with Gasteiger partial charge in [0.1, 0.15) is 0 Å². The van der Waals surface area contributed by atoms with Gasteiger partial charge in [-0.25, -0.2) is 5.84 Å². The van der Waals surface area contributed by atoms with E-state index in [0.29, 0.717) is 13.0 Å². The Morgan fingerprint density at radius 3 is 2.16 bits per heavy atom. The maximum atomic E-state index is 12.2. The number of amides is 1. The lowest BCUT2D eigenvalue weighted by Crippen LogP contribution is -2.49. The number of hydrogen-bond donors (Lipinski definition) is 1. The van der Waals surface area contributed by atoms with Crippen molar-refractivity contribution in [3.05, 3.63) is 0 Å². The quantitative estimate of drug-likeness (QED) is 0.419. The third-order valence-corrected chi connectivity index (χ3v) is 3.44. The molecule has 0 unspecified atom stereocenters. The van der Waals surface area contributed by atoms with Gasteiger partial charge in [-0.15, -0.1) is 0 Å². The summed E-state index contributed by atoms with van der Waals surface area (Å²) in [6.45, 7) is 14.6. The van der Waals surface area contributed by atoms with Gasteiger partial charge < -0.3 is 4.74 Å². The van der Waals surface area contributed by atoms with E-state index in [0.717, 1.165) is 12.8 Å². The average Bonchev–Trinajstić information content (AvgIpc) is 2.25. The molecule has 0 saturated carbocycles. The first-order valence-electron chi connectivity index (χ1n) is 7.26. The van der Waals surface area contributed by atoms with Crippen molar-refractivity contribution < 1.29 is 9.53 Å². The zero-order valence-corrected chi connectivity index (χ0v) is 13.7. The Morgan fingerprint density at radius 1 is 1.21 bits per heavy atom. The SMILES string of the molecule is CCCC(C)(C)OCCC(C)(C)C(=O)N(N)C(C)C. The van der Waals surface area contributed by atoms with Crippen molar-refractivity contribution in [1.29, 1.82) is 0 Å². The largest absolute Gasteiger partial charge is 0.376 e. The van der Waals surface area contributed by atoms with Crippen molar-refractivity contribution in [2.75, 3.05) is 6.61 Å².